The fraction of sp³-hybridized carbons (Fsp3) is 0.462. The first-order chi connectivity index (χ1) is 7.54. The van der Waals surface area contributed by atoms with Crippen molar-refractivity contribution >= 4 is 5.91 Å². The lowest BCUT2D eigenvalue weighted by molar-refractivity contribution is 0.0941. The largest absolute Gasteiger partial charge is 0.348 e. The Morgan fingerprint density at radius 1 is 1.25 bits per heavy atom. The molecule has 1 aromatic rings. The van der Waals surface area contributed by atoms with E-state index in [-0.39, 0.29) is 11.9 Å². The molecule has 1 unspecified atom stereocenters. The molecule has 0 aliphatic rings. The number of rotatable bonds is 4. The number of nitrogens with two attached hydrogens (primary N) is 1. The molecule has 16 heavy (non-hydrogen) atoms. The summed E-state index contributed by atoms with van der Waals surface area (Å²) < 4.78 is 0. The highest BCUT2D eigenvalue weighted by Gasteiger charge is 2.08. The maximum absolute atomic E-state index is 11.7. The highest BCUT2D eigenvalue weighted by atomic mass is 16.1. The van der Waals surface area contributed by atoms with Crippen LogP contribution in [0, 0.1) is 0 Å². The lowest BCUT2D eigenvalue weighted by atomic mass is 10.0. The molecular formula is C13H20N2O. The van der Waals surface area contributed by atoms with E-state index in [1.54, 1.807) is 0 Å². The summed E-state index contributed by atoms with van der Waals surface area (Å²) in [5.41, 5.74) is 7.37. The van der Waals surface area contributed by atoms with E-state index in [4.69, 9.17) is 5.73 Å². The normalized spacial score (nSPS) is 12.6. The van der Waals surface area contributed by atoms with E-state index in [0.717, 1.165) is 0 Å². The summed E-state index contributed by atoms with van der Waals surface area (Å²) in [6.45, 7) is 6.60. The second kappa shape index (κ2) is 5.66. The molecule has 1 amide bonds. The van der Waals surface area contributed by atoms with Gasteiger partial charge in [-0.25, -0.2) is 0 Å². The van der Waals surface area contributed by atoms with Gasteiger partial charge in [-0.05, 0) is 30.5 Å². The molecule has 0 spiro atoms. The summed E-state index contributed by atoms with van der Waals surface area (Å²) in [6.07, 6.45) is 0. The first kappa shape index (κ1) is 12.7. The van der Waals surface area contributed by atoms with Crippen LogP contribution in [0.3, 0.4) is 0 Å². The fourth-order valence-electron chi connectivity index (χ4n) is 1.39. The quantitative estimate of drug-likeness (QED) is 0.814. The van der Waals surface area contributed by atoms with Crippen LogP contribution < -0.4 is 11.1 Å². The topological polar surface area (TPSA) is 55.1 Å². The van der Waals surface area contributed by atoms with Crippen LogP contribution in [0.1, 0.15) is 42.6 Å². The SMILES string of the molecule is CC(CN)NC(=O)c1ccc(C(C)C)cc1. The van der Waals surface area contributed by atoms with Gasteiger partial charge in [0.05, 0.1) is 0 Å². The van der Waals surface area contributed by atoms with Crippen LogP contribution in [-0.2, 0) is 0 Å². The maximum Gasteiger partial charge on any atom is 0.251 e. The van der Waals surface area contributed by atoms with Crippen LogP contribution in [0.25, 0.3) is 0 Å². The van der Waals surface area contributed by atoms with Crippen molar-refractivity contribution in [1.29, 1.82) is 0 Å². The van der Waals surface area contributed by atoms with Gasteiger partial charge in [0.1, 0.15) is 0 Å². The van der Waals surface area contributed by atoms with Gasteiger partial charge in [0, 0.05) is 18.2 Å². The Morgan fingerprint density at radius 2 is 1.81 bits per heavy atom. The highest BCUT2D eigenvalue weighted by Crippen LogP contribution is 2.14. The molecule has 1 aromatic carbocycles. The van der Waals surface area contributed by atoms with E-state index in [2.05, 4.69) is 19.2 Å². The van der Waals surface area contributed by atoms with E-state index in [1.807, 2.05) is 31.2 Å². The number of hydrogen-bond donors (Lipinski definition) is 2. The zero-order valence-corrected chi connectivity index (χ0v) is 10.2. The summed E-state index contributed by atoms with van der Waals surface area (Å²) in [5, 5.41) is 2.83. The molecule has 0 aromatic heterocycles. The Labute approximate surface area is 97.0 Å². The Kier molecular flexibility index (Phi) is 4.50. The van der Waals surface area contributed by atoms with Crippen LogP contribution in [0.15, 0.2) is 24.3 Å². The van der Waals surface area contributed by atoms with Gasteiger partial charge in [0.2, 0.25) is 0 Å². The predicted octanol–water partition coefficient (Wildman–Crippen LogP) is 1.89. The average molecular weight is 220 g/mol. The maximum atomic E-state index is 11.7. The molecule has 3 heteroatoms. The van der Waals surface area contributed by atoms with E-state index in [9.17, 15) is 4.79 Å². The van der Waals surface area contributed by atoms with Gasteiger partial charge in [-0.2, -0.15) is 0 Å². The third-order valence-corrected chi connectivity index (χ3v) is 2.57. The third kappa shape index (κ3) is 3.35. The first-order valence-corrected chi connectivity index (χ1v) is 5.65. The molecule has 0 bridgehead atoms. The number of amides is 1. The van der Waals surface area contributed by atoms with Crippen LogP contribution in [-0.4, -0.2) is 18.5 Å². The molecule has 0 radical (unpaired) electrons. The lowest BCUT2D eigenvalue weighted by Gasteiger charge is -2.12. The smallest absolute Gasteiger partial charge is 0.251 e. The number of hydrogen-bond acceptors (Lipinski definition) is 2. The van der Waals surface area contributed by atoms with Gasteiger partial charge in [-0.3, -0.25) is 4.79 Å². The minimum absolute atomic E-state index is 0.0114. The van der Waals surface area contributed by atoms with Gasteiger partial charge in [0.15, 0.2) is 0 Å². The summed E-state index contributed by atoms with van der Waals surface area (Å²) in [7, 11) is 0. The van der Waals surface area contributed by atoms with E-state index in [0.29, 0.717) is 18.0 Å². The minimum Gasteiger partial charge on any atom is -0.348 e. The second-order valence-electron chi connectivity index (χ2n) is 4.39. The zero-order chi connectivity index (χ0) is 12.1. The van der Waals surface area contributed by atoms with Crippen LogP contribution in [0.5, 0.6) is 0 Å². The summed E-state index contributed by atoms with van der Waals surface area (Å²) >= 11 is 0. The summed E-state index contributed by atoms with van der Waals surface area (Å²) in [4.78, 5) is 11.7. The molecule has 3 nitrogen and oxygen atoms in total. The molecule has 0 aliphatic carbocycles. The fourth-order valence-corrected chi connectivity index (χ4v) is 1.39. The van der Waals surface area contributed by atoms with Crippen molar-refractivity contribution in [3.63, 3.8) is 0 Å². The predicted molar refractivity (Wildman–Crippen MR) is 66.5 cm³/mol. The Hall–Kier alpha value is -1.35. The molecule has 0 aliphatic heterocycles. The number of carbonyl (C=O) groups excluding carboxylic acids is 1. The van der Waals surface area contributed by atoms with Crippen LogP contribution in [0.4, 0.5) is 0 Å². The first-order valence-electron chi connectivity index (χ1n) is 5.65. The number of nitrogens with one attached hydrogen (secondary N) is 1. The molecule has 0 saturated carbocycles. The Bertz CT molecular complexity index is 343. The summed E-state index contributed by atoms with van der Waals surface area (Å²) in [5.74, 6) is 0.424. The van der Waals surface area contributed by atoms with Gasteiger partial charge >= 0.3 is 0 Å². The molecule has 88 valence electrons. The van der Waals surface area contributed by atoms with E-state index >= 15 is 0 Å². The van der Waals surface area contributed by atoms with Gasteiger partial charge < -0.3 is 11.1 Å². The monoisotopic (exact) mass is 220 g/mol. The standard InChI is InChI=1S/C13H20N2O/c1-9(2)11-4-6-12(7-5-11)13(16)15-10(3)8-14/h4-7,9-10H,8,14H2,1-3H3,(H,15,16). The van der Waals surface area contributed by atoms with Crippen molar-refractivity contribution < 1.29 is 4.79 Å². The number of carbonyl (C=O) groups is 1. The van der Waals surface area contributed by atoms with Gasteiger partial charge in [-0.1, -0.05) is 26.0 Å². The van der Waals surface area contributed by atoms with Gasteiger partial charge in [0.25, 0.3) is 5.91 Å². The molecule has 0 saturated heterocycles. The number of benzene rings is 1. The molecule has 1 atom stereocenters. The third-order valence-electron chi connectivity index (χ3n) is 2.57. The van der Waals surface area contributed by atoms with E-state index in [1.165, 1.54) is 5.56 Å². The van der Waals surface area contributed by atoms with Crippen molar-refractivity contribution in [2.75, 3.05) is 6.54 Å². The molecule has 3 N–H and O–H groups in total. The average Bonchev–Trinajstić information content (AvgIpc) is 2.28. The second-order valence-corrected chi connectivity index (χ2v) is 4.39. The van der Waals surface area contributed by atoms with Crippen molar-refractivity contribution in [1.82, 2.24) is 5.32 Å². The van der Waals surface area contributed by atoms with Crippen molar-refractivity contribution in [2.45, 2.75) is 32.7 Å². The van der Waals surface area contributed by atoms with Crippen molar-refractivity contribution in [3.05, 3.63) is 35.4 Å². The van der Waals surface area contributed by atoms with Crippen LogP contribution >= 0.6 is 0 Å². The molecular weight excluding hydrogens is 200 g/mol. The van der Waals surface area contributed by atoms with Gasteiger partial charge in [-0.15, -0.1) is 0 Å². The zero-order valence-electron chi connectivity index (χ0n) is 10.2. The minimum atomic E-state index is -0.0618. The Balaban J connectivity index is 2.70. The lowest BCUT2D eigenvalue weighted by Crippen LogP contribution is -2.37. The molecule has 1 rings (SSSR count). The molecule has 0 fully saturated rings. The Morgan fingerprint density at radius 3 is 2.25 bits per heavy atom. The molecule has 0 heterocycles. The summed E-state index contributed by atoms with van der Waals surface area (Å²) in [6, 6.07) is 7.71. The van der Waals surface area contributed by atoms with Crippen molar-refractivity contribution in [2.24, 2.45) is 5.73 Å². The van der Waals surface area contributed by atoms with Crippen LogP contribution in [0.2, 0.25) is 0 Å². The van der Waals surface area contributed by atoms with Crippen molar-refractivity contribution in [3.8, 4) is 0 Å². The highest BCUT2D eigenvalue weighted by molar-refractivity contribution is 5.94. The van der Waals surface area contributed by atoms with E-state index < -0.39 is 0 Å².